The molecule has 2 aromatic heterocycles. The second-order valence-corrected chi connectivity index (χ2v) is 8.37. The van der Waals surface area contributed by atoms with E-state index in [4.69, 9.17) is 4.74 Å². The second kappa shape index (κ2) is 8.08. The molecule has 31 heavy (non-hydrogen) atoms. The van der Waals surface area contributed by atoms with Gasteiger partial charge in [0.25, 0.3) is 5.91 Å². The molecule has 0 unspecified atom stereocenters. The van der Waals surface area contributed by atoms with E-state index < -0.39 is 17.6 Å². The molecule has 3 heterocycles. The molecule has 1 aliphatic heterocycles. The van der Waals surface area contributed by atoms with Crippen LogP contribution in [0.15, 0.2) is 18.2 Å². The van der Waals surface area contributed by atoms with Gasteiger partial charge in [-0.2, -0.15) is 13.2 Å². The number of thiophene rings is 1. The lowest BCUT2D eigenvalue weighted by Crippen LogP contribution is -2.36. The highest BCUT2D eigenvalue weighted by Gasteiger charge is 2.32. The third kappa shape index (κ3) is 4.22. The van der Waals surface area contributed by atoms with Crippen molar-refractivity contribution in [2.24, 2.45) is 0 Å². The number of hydrogen-bond donors (Lipinski definition) is 1. The Kier molecular flexibility index (Phi) is 5.61. The van der Waals surface area contributed by atoms with Crippen molar-refractivity contribution in [2.75, 3.05) is 36.5 Å². The molecule has 0 saturated carbocycles. The number of nitrogens with zero attached hydrogens (tertiary/aromatic N) is 3. The van der Waals surface area contributed by atoms with E-state index in [1.807, 2.05) is 11.8 Å². The number of anilines is 2. The number of carbonyl (C=O) groups excluding carboxylic acids is 1. The third-order valence-corrected chi connectivity index (χ3v) is 6.40. The van der Waals surface area contributed by atoms with Crippen LogP contribution in [0, 0.1) is 20.8 Å². The molecule has 6 nitrogen and oxygen atoms in total. The first-order valence-corrected chi connectivity index (χ1v) is 10.6. The number of alkyl halides is 3. The Morgan fingerprint density at radius 1 is 1.16 bits per heavy atom. The van der Waals surface area contributed by atoms with Crippen LogP contribution >= 0.6 is 11.3 Å². The zero-order valence-electron chi connectivity index (χ0n) is 17.3. The summed E-state index contributed by atoms with van der Waals surface area (Å²) < 4.78 is 45.3. The Bertz CT molecular complexity index is 1150. The van der Waals surface area contributed by atoms with E-state index in [0.29, 0.717) is 47.5 Å². The van der Waals surface area contributed by atoms with Gasteiger partial charge in [-0.25, -0.2) is 9.97 Å². The molecule has 1 saturated heterocycles. The van der Waals surface area contributed by atoms with Gasteiger partial charge in [0.2, 0.25) is 0 Å². The summed E-state index contributed by atoms with van der Waals surface area (Å²) in [5, 5.41) is 3.52. The fourth-order valence-corrected chi connectivity index (χ4v) is 4.93. The lowest BCUT2D eigenvalue weighted by Gasteiger charge is -2.31. The summed E-state index contributed by atoms with van der Waals surface area (Å²) in [6.07, 6.45) is -4.51. The van der Waals surface area contributed by atoms with Gasteiger partial charge >= 0.3 is 6.18 Å². The lowest BCUT2D eigenvalue weighted by molar-refractivity contribution is -0.137. The standard InChI is InChI=1S/C21H21F3N4O2S/c1-11-17-12(2)25-13(3)26-20(17)31-18(11)19(29)27-15-10-14(21(22,23)24)4-5-16(15)28-6-8-30-9-7-28/h4-5,10H,6-9H2,1-3H3,(H,27,29). The molecule has 1 aromatic carbocycles. The number of amides is 1. The van der Waals surface area contributed by atoms with Crippen molar-refractivity contribution in [2.45, 2.75) is 26.9 Å². The predicted molar refractivity (Wildman–Crippen MR) is 114 cm³/mol. The largest absolute Gasteiger partial charge is 0.416 e. The van der Waals surface area contributed by atoms with Crippen molar-refractivity contribution in [1.29, 1.82) is 0 Å². The van der Waals surface area contributed by atoms with Gasteiger partial charge in [-0.3, -0.25) is 4.79 Å². The summed E-state index contributed by atoms with van der Waals surface area (Å²) in [7, 11) is 0. The van der Waals surface area contributed by atoms with Crippen molar-refractivity contribution >= 4 is 38.8 Å². The summed E-state index contributed by atoms with van der Waals surface area (Å²) in [5.41, 5.74) is 1.33. The van der Waals surface area contributed by atoms with Crippen LogP contribution in [0.3, 0.4) is 0 Å². The van der Waals surface area contributed by atoms with Gasteiger partial charge in [-0.05, 0) is 44.5 Å². The number of rotatable bonds is 3. The van der Waals surface area contributed by atoms with Gasteiger partial charge in [-0.15, -0.1) is 11.3 Å². The van der Waals surface area contributed by atoms with E-state index in [2.05, 4.69) is 15.3 Å². The zero-order valence-corrected chi connectivity index (χ0v) is 18.1. The van der Waals surface area contributed by atoms with Crippen LogP contribution in [-0.4, -0.2) is 42.2 Å². The smallest absolute Gasteiger partial charge is 0.378 e. The van der Waals surface area contributed by atoms with Crippen molar-refractivity contribution in [3.05, 3.63) is 45.7 Å². The van der Waals surface area contributed by atoms with Crippen LogP contribution in [0.1, 0.15) is 32.3 Å². The molecular weight excluding hydrogens is 429 g/mol. The Balaban J connectivity index is 1.73. The van der Waals surface area contributed by atoms with Crippen LogP contribution < -0.4 is 10.2 Å². The Morgan fingerprint density at radius 3 is 2.55 bits per heavy atom. The first-order valence-electron chi connectivity index (χ1n) is 9.75. The fourth-order valence-electron chi connectivity index (χ4n) is 3.76. The van der Waals surface area contributed by atoms with Crippen LogP contribution in [0.4, 0.5) is 24.5 Å². The van der Waals surface area contributed by atoms with Crippen LogP contribution in [-0.2, 0) is 10.9 Å². The van der Waals surface area contributed by atoms with E-state index in [9.17, 15) is 18.0 Å². The number of fused-ring (bicyclic) bond motifs is 1. The van der Waals surface area contributed by atoms with Crippen molar-refractivity contribution in [3.8, 4) is 0 Å². The molecule has 1 amide bonds. The number of ether oxygens (including phenoxy) is 1. The molecule has 0 radical (unpaired) electrons. The summed E-state index contributed by atoms with van der Waals surface area (Å²) >= 11 is 1.21. The third-order valence-electron chi connectivity index (χ3n) is 5.21. The van der Waals surface area contributed by atoms with Crippen molar-refractivity contribution in [3.63, 3.8) is 0 Å². The number of nitrogens with one attached hydrogen (secondary N) is 1. The number of aromatic nitrogens is 2. The predicted octanol–water partition coefficient (Wildman–Crippen LogP) is 4.72. The molecule has 1 aliphatic rings. The Morgan fingerprint density at radius 2 is 1.87 bits per heavy atom. The number of hydrogen-bond acceptors (Lipinski definition) is 6. The number of morpholine rings is 1. The van der Waals surface area contributed by atoms with Gasteiger partial charge in [-0.1, -0.05) is 0 Å². The minimum absolute atomic E-state index is 0.123. The molecule has 0 spiro atoms. The topological polar surface area (TPSA) is 67.4 Å². The molecule has 10 heteroatoms. The summed E-state index contributed by atoms with van der Waals surface area (Å²) in [5.74, 6) is 0.136. The Hall–Kier alpha value is -2.72. The molecule has 4 rings (SSSR count). The quantitative estimate of drug-likeness (QED) is 0.625. The molecule has 1 N–H and O–H groups in total. The fraction of sp³-hybridized carbons (Fsp3) is 0.381. The highest BCUT2D eigenvalue weighted by atomic mass is 32.1. The Labute approximate surface area is 181 Å². The maximum Gasteiger partial charge on any atom is 0.416 e. The normalized spacial score (nSPS) is 14.8. The lowest BCUT2D eigenvalue weighted by atomic mass is 10.1. The maximum absolute atomic E-state index is 13.3. The SMILES string of the molecule is Cc1nc(C)c2c(C)c(C(=O)Nc3cc(C(F)(F)F)ccc3N3CCOCC3)sc2n1. The monoisotopic (exact) mass is 450 g/mol. The average Bonchev–Trinajstić information content (AvgIpc) is 3.04. The highest BCUT2D eigenvalue weighted by molar-refractivity contribution is 7.20. The van der Waals surface area contributed by atoms with E-state index in [1.165, 1.54) is 17.4 Å². The van der Waals surface area contributed by atoms with Crippen LogP contribution in [0.5, 0.6) is 0 Å². The zero-order chi connectivity index (χ0) is 22.3. The van der Waals surface area contributed by atoms with Gasteiger partial charge in [0.1, 0.15) is 10.7 Å². The molecular formula is C21H21F3N4O2S. The number of benzene rings is 1. The van der Waals surface area contributed by atoms with E-state index in [0.717, 1.165) is 28.8 Å². The maximum atomic E-state index is 13.3. The number of halogens is 3. The summed E-state index contributed by atoms with van der Waals surface area (Å²) in [6.45, 7) is 7.44. The first-order chi connectivity index (χ1) is 14.6. The first kappa shape index (κ1) is 21.5. The summed E-state index contributed by atoms with van der Waals surface area (Å²) in [4.78, 5) is 24.9. The average molecular weight is 450 g/mol. The van der Waals surface area contributed by atoms with Crippen LogP contribution in [0.2, 0.25) is 0 Å². The minimum atomic E-state index is -4.51. The van der Waals surface area contributed by atoms with Crippen LogP contribution in [0.25, 0.3) is 10.2 Å². The minimum Gasteiger partial charge on any atom is -0.378 e. The molecule has 0 atom stereocenters. The molecule has 1 fully saturated rings. The number of carbonyl (C=O) groups is 1. The van der Waals surface area contributed by atoms with Crippen molar-refractivity contribution in [1.82, 2.24) is 9.97 Å². The van der Waals surface area contributed by atoms with E-state index >= 15 is 0 Å². The van der Waals surface area contributed by atoms with E-state index in [1.54, 1.807) is 13.8 Å². The molecule has 0 bridgehead atoms. The molecule has 0 aliphatic carbocycles. The van der Waals surface area contributed by atoms with Gasteiger partial charge < -0.3 is 15.0 Å². The molecule has 3 aromatic rings. The van der Waals surface area contributed by atoms with Gasteiger partial charge in [0.15, 0.2) is 0 Å². The summed E-state index contributed by atoms with van der Waals surface area (Å²) in [6, 6.07) is 3.42. The van der Waals surface area contributed by atoms with Crippen molar-refractivity contribution < 1.29 is 22.7 Å². The second-order valence-electron chi connectivity index (χ2n) is 7.38. The number of aryl methyl sites for hydroxylation is 3. The molecule has 164 valence electrons. The van der Waals surface area contributed by atoms with E-state index in [-0.39, 0.29) is 5.69 Å². The van der Waals surface area contributed by atoms with Gasteiger partial charge in [0.05, 0.1) is 35.0 Å². The highest BCUT2D eigenvalue weighted by Crippen LogP contribution is 2.37. The van der Waals surface area contributed by atoms with Gasteiger partial charge in [0, 0.05) is 24.2 Å².